The second kappa shape index (κ2) is 10.3. The Bertz CT molecular complexity index is 1000. The Morgan fingerprint density at radius 1 is 1.29 bits per heavy atom. The molecule has 164 valence electrons. The maximum absolute atomic E-state index is 12.4. The zero-order chi connectivity index (χ0) is 21.5. The van der Waals surface area contributed by atoms with Gasteiger partial charge in [0.2, 0.25) is 11.0 Å². The monoisotopic (exact) mass is 444 g/mol. The topological polar surface area (TPSA) is 144 Å². The number of rotatable bonds is 9. The molecule has 1 aliphatic rings. The standard InChI is InChI=1S/C19H24N8O3S/c20-17-16(25-30-26-17)18-23-24-19(31-18)22-15(28)12-13-3-1-4-14(11-13)29-10-2-7-27-8-5-21-6-9-27/h1,3-4,11,21H,2,5-10,12H2,(H2,20,26)(H,22,24,28). The summed E-state index contributed by atoms with van der Waals surface area (Å²) in [6.45, 7) is 5.95. The number of aromatic nitrogens is 4. The molecule has 0 aliphatic carbocycles. The molecule has 0 saturated carbocycles. The number of carbonyl (C=O) groups is 1. The van der Waals surface area contributed by atoms with Crippen LogP contribution in [0.4, 0.5) is 10.9 Å². The van der Waals surface area contributed by atoms with Crippen LogP contribution in [0.15, 0.2) is 28.9 Å². The number of amides is 1. The number of hydrogen-bond donors (Lipinski definition) is 3. The number of anilines is 2. The molecule has 1 aromatic carbocycles. The summed E-state index contributed by atoms with van der Waals surface area (Å²) in [4.78, 5) is 14.8. The van der Waals surface area contributed by atoms with Gasteiger partial charge >= 0.3 is 0 Å². The van der Waals surface area contributed by atoms with Crippen LogP contribution in [-0.2, 0) is 11.2 Å². The van der Waals surface area contributed by atoms with Gasteiger partial charge in [-0.2, -0.15) is 0 Å². The van der Waals surface area contributed by atoms with Gasteiger partial charge in [-0.05, 0) is 34.4 Å². The molecule has 1 saturated heterocycles. The maximum atomic E-state index is 12.4. The first kappa shape index (κ1) is 21.2. The lowest BCUT2D eigenvalue weighted by atomic mass is 10.1. The van der Waals surface area contributed by atoms with Crippen molar-refractivity contribution in [3.63, 3.8) is 0 Å². The van der Waals surface area contributed by atoms with E-state index in [0.29, 0.717) is 22.4 Å². The summed E-state index contributed by atoms with van der Waals surface area (Å²) < 4.78 is 10.4. The third kappa shape index (κ3) is 5.96. The number of nitrogens with two attached hydrogens (primary N) is 1. The molecule has 11 nitrogen and oxygen atoms in total. The molecular formula is C19H24N8O3S. The maximum Gasteiger partial charge on any atom is 0.230 e. The van der Waals surface area contributed by atoms with E-state index in [1.165, 1.54) is 0 Å². The molecular weight excluding hydrogens is 420 g/mol. The normalized spacial score (nSPS) is 14.5. The van der Waals surface area contributed by atoms with E-state index in [1.54, 1.807) is 0 Å². The van der Waals surface area contributed by atoms with E-state index < -0.39 is 0 Å². The molecule has 1 aliphatic heterocycles. The van der Waals surface area contributed by atoms with Crippen molar-refractivity contribution in [1.29, 1.82) is 0 Å². The molecule has 0 spiro atoms. The number of carbonyl (C=O) groups excluding carboxylic acids is 1. The number of piperazine rings is 1. The molecule has 0 radical (unpaired) electrons. The summed E-state index contributed by atoms with van der Waals surface area (Å²) in [6, 6.07) is 7.56. The van der Waals surface area contributed by atoms with Crippen LogP contribution in [-0.4, -0.2) is 70.6 Å². The Morgan fingerprint density at radius 2 is 2.16 bits per heavy atom. The highest BCUT2D eigenvalue weighted by atomic mass is 32.1. The molecule has 3 heterocycles. The minimum atomic E-state index is -0.204. The lowest BCUT2D eigenvalue weighted by Crippen LogP contribution is -2.43. The van der Waals surface area contributed by atoms with Gasteiger partial charge in [0.05, 0.1) is 13.0 Å². The summed E-state index contributed by atoms with van der Waals surface area (Å²) in [5, 5.41) is 21.9. The average Bonchev–Trinajstić information content (AvgIpc) is 3.40. The van der Waals surface area contributed by atoms with Crippen molar-refractivity contribution in [2.75, 3.05) is 50.4 Å². The third-order valence-corrected chi connectivity index (χ3v) is 5.59. The summed E-state index contributed by atoms with van der Waals surface area (Å²) in [7, 11) is 0. The lowest BCUT2D eigenvalue weighted by Gasteiger charge is -2.26. The van der Waals surface area contributed by atoms with Crippen LogP contribution < -0.4 is 21.1 Å². The second-order valence-corrected chi connectivity index (χ2v) is 8.05. The van der Waals surface area contributed by atoms with Crippen molar-refractivity contribution in [2.24, 2.45) is 0 Å². The first-order valence-electron chi connectivity index (χ1n) is 10.0. The number of nitrogen functional groups attached to an aromatic ring is 1. The molecule has 3 aromatic rings. The largest absolute Gasteiger partial charge is 0.494 e. The summed E-state index contributed by atoms with van der Waals surface area (Å²) in [5.74, 6) is 0.682. The Hall–Kier alpha value is -3.09. The molecule has 0 atom stereocenters. The van der Waals surface area contributed by atoms with E-state index in [2.05, 4.69) is 40.7 Å². The fraction of sp³-hybridized carbons (Fsp3) is 0.421. The van der Waals surface area contributed by atoms with E-state index in [0.717, 1.165) is 61.8 Å². The van der Waals surface area contributed by atoms with Gasteiger partial charge in [-0.3, -0.25) is 4.79 Å². The number of ether oxygens (including phenoxy) is 1. The lowest BCUT2D eigenvalue weighted by molar-refractivity contribution is -0.115. The highest BCUT2D eigenvalue weighted by Crippen LogP contribution is 2.28. The molecule has 31 heavy (non-hydrogen) atoms. The molecule has 2 aromatic heterocycles. The van der Waals surface area contributed by atoms with E-state index in [4.69, 9.17) is 10.5 Å². The zero-order valence-corrected chi connectivity index (χ0v) is 17.7. The van der Waals surface area contributed by atoms with Gasteiger partial charge in [0.1, 0.15) is 5.75 Å². The molecule has 1 amide bonds. The van der Waals surface area contributed by atoms with Crippen LogP contribution in [0.2, 0.25) is 0 Å². The minimum Gasteiger partial charge on any atom is -0.494 e. The number of benzene rings is 1. The third-order valence-electron chi connectivity index (χ3n) is 4.75. The molecule has 0 bridgehead atoms. The first-order chi connectivity index (χ1) is 15.2. The average molecular weight is 445 g/mol. The van der Waals surface area contributed by atoms with Crippen molar-refractivity contribution in [1.82, 2.24) is 30.7 Å². The van der Waals surface area contributed by atoms with Crippen LogP contribution in [0.3, 0.4) is 0 Å². The van der Waals surface area contributed by atoms with Gasteiger partial charge in [-0.1, -0.05) is 23.5 Å². The second-order valence-electron chi connectivity index (χ2n) is 7.08. The number of nitrogens with one attached hydrogen (secondary N) is 2. The summed E-state index contributed by atoms with van der Waals surface area (Å²) in [6.07, 6.45) is 1.16. The quantitative estimate of drug-likeness (QED) is 0.409. The van der Waals surface area contributed by atoms with Crippen LogP contribution in [0, 0.1) is 0 Å². The van der Waals surface area contributed by atoms with Gasteiger partial charge in [0.25, 0.3) is 0 Å². The van der Waals surface area contributed by atoms with Gasteiger partial charge in [-0.25, -0.2) is 4.63 Å². The van der Waals surface area contributed by atoms with E-state index >= 15 is 0 Å². The van der Waals surface area contributed by atoms with Crippen molar-refractivity contribution in [3.8, 4) is 16.5 Å². The van der Waals surface area contributed by atoms with Gasteiger partial charge in [0.15, 0.2) is 16.5 Å². The zero-order valence-electron chi connectivity index (χ0n) is 16.9. The van der Waals surface area contributed by atoms with Crippen LogP contribution in [0.25, 0.3) is 10.7 Å². The number of hydrogen-bond acceptors (Lipinski definition) is 11. The van der Waals surface area contributed by atoms with Gasteiger partial charge in [-0.15, -0.1) is 10.2 Å². The Morgan fingerprint density at radius 3 is 2.97 bits per heavy atom. The fourth-order valence-corrected chi connectivity index (χ4v) is 3.97. The van der Waals surface area contributed by atoms with E-state index in [-0.39, 0.29) is 18.1 Å². The van der Waals surface area contributed by atoms with E-state index in [9.17, 15) is 4.79 Å². The summed E-state index contributed by atoms with van der Waals surface area (Å²) >= 11 is 1.14. The summed E-state index contributed by atoms with van der Waals surface area (Å²) in [5.41, 5.74) is 6.81. The Labute approximate surface area is 182 Å². The van der Waals surface area contributed by atoms with Crippen molar-refractivity contribution in [3.05, 3.63) is 29.8 Å². The van der Waals surface area contributed by atoms with Crippen LogP contribution >= 0.6 is 11.3 Å². The molecule has 4 rings (SSSR count). The molecule has 1 fully saturated rings. The minimum absolute atomic E-state index is 0.124. The van der Waals surface area contributed by atoms with Gasteiger partial charge in [0, 0.05) is 32.7 Å². The van der Waals surface area contributed by atoms with Gasteiger partial charge < -0.3 is 26.0 Å². The van der Waals surface area contributed by atoms with E-state index in [1.807, 2.05) is 24.3 Å². The van der Waals surface area contributed by atoms with Crippen LogP contribution in [0.5, 0.6) is 5.75 Å². The van der Waals surface area contributed by atoms with Crippen molar-refractivity contribution in [2.45, 2.75) is 12.8 Å². The molecule has 12 heteroatoms. The SMILES string of the molecule is Nc1nonc1-c1nnc(NC(=O)Cc2cccc(OCCCN3CCNCC3)c2)s1. The predicted molar refractivity (Wildman–Crippen MR) is 116 cm³/mol. The highest BCUT2D eigenvalue weighted by molar-refractivity contribution is 7.18. The smallest absolute Gasteiger partial charge is 0.230 e. The number of nitrogens with zero attached hydrogens (tertiary/aromatic N) is 5. The van der Waals surface area contributed by atoms with Crippen LogP contribution in [0.1, 0.15) is 12.0 Å². The Balaban J connectivity index is 1.24. The highest BCUT2D eigenvalue weighted by Gasteiger charge is 2.16. The Kier molecular flexibility index (Phi) is 7.02. The van der Waals surface area contributed by atoms with Crippen molar-refractivity contribution >= 4 is 28.2 Å². The molecule has 4 N–H and O–H groups in total. The van der Waals surface area contributed by atoms with Crippen molar-refractivity contribution < 1.29 is 14.2 Å². The first-order valence-corrected chi connectivity index (χ1v) is 10.9. The predicted octanol–water partition coefficient (Wildman–Crippen LogP) is 1.03. The molecule has 0 unspecified atom stereocenters. The fourth-order valence-electron chi connectivity index (χ4n) is 3.22.